The molecule has 1 aliphatic heterocycles. The third-order valence-corrected chi connectivity index (χ3v) is 6.17. The molecule has 1 aromatic carbocycles. The number of aryl methyl sites for hydroxylation is 1. The van der Waals surface area contributed by atoms with Crippen LogP contribution in [0.5, 0.6) is 0 Å². The molecular weight excluding hydrogens is 348 g/mol. The summed E-state index contributed by atoms with van der Waals surface area (Å²) < 4.78 is 1.16. The van der Waals surface area contributed by atoms with Gasteiger partial charge < -0.3 is 10.2 Å². The molecule has 2 aliphatic rings. The maximum atomic E-state index is 6.37. The van der Waals surface area contributed by atoms with Crippen molar-refractivity contribution >= 4 is 33.2 Å². The lowest BCUT2D eigenvalue weighted by Crippen LogP contribution is -2.64. The van der Waals surface area contributed by atoms with Gasteiger partial charge in [0.2, 0.25) is 0 Å². The van der Waals surface area contributed by atoms with Crippen molar-refractivity contribution in [3.8, 4) is 0 Å². The Morgan fingerprint density at radius 2 is 2.00 bits per heavy atom. The van der Waals surface area contributed by atoms with Crippen molar-refractivity contribution in [1.29, 1.82) is 0 Å². The van der Waals surface area contributed by atoms with E-state index in [2.05, 4.69) is 52.1 Å². The fourth-order valence-electron chi connectivity index (χ4n) is 3.75. The molecule has 3 rings (SSSR count). The molecule has 1 spiro atoms. The molecule has 1 unspecified atom stereocenters. The van der Waals surface area contributed by atoms with Crippen molar-refractivity contribution in [2.45, 2.75) is 57.5 Å². The third kappa shape index (κ3) is 3.11. The monoisotopic (exact) mass is 370 g/mol. The van der Waals surface area contributed by atoms with Gasteiger partial charge in [-0.25, -0.2) is 0 Å². The predicted molar refractivity (Wildman–Crippen MR) is 94.5 cm³/mol. The highest BCUT2D eigenvalue weighted by atomic mass is 79.9. The lowest BCUT2D eigenvalue weighted by Gasteiger charge is -2.50. The van der Waals surface area contributed by atoms with Crippen LogP contribution in [0.4, 0.5) is 5.69 Å². The van der Waals surface area contributed by atoms with Gasteiger partial charge in [-0.05, 0) is 60.3 Å². The molecule has 0 radical (unpaired) electrons. The lowest BCUT2D eigenvalue weighted by molar-refractivity contribution is 0.200. The Morgan fingerprint density at radius 3 is 2.71 bits per heavy atom. The number of hydrogen-bond donors (Lipinski definition) is 1. The second-order valence-corrected chi connectivity index (χ2v) is 8.01. The molecule has 0 bridgehead atoms. The Bertz CT molecular complexity index is 526. The van der Waals surface area contributed by atoms with Crippen LogP contribution < -0.4 is 10.2 Å². The van der Waals surface area contributed by atoms with Gasteiger partial charge in [0.1, 0.15) is 0 Å². The first-order chi connectivity index (χ1) is 10.0. The van der Waals surface area contributed by atoms with Crippen LogP contribution in [0, 0.1) is 6.92 Å². The first-order valence-electron chi connectivity index (χ1n) is 7.98. The minimum Gasteiger partial charge on any atom is -0.365 e. The zero-order chi connectivity index (χ0) is 15.0. The van der Waals surface area contributed by atoms with Crippen LogP contribution in [0.2, 0.25) is 5.02 Å². The Labute approximate surface area is 141 Å². The molecule has 1 aliphatic carbocycles. The standard InChI is InChI=1S/C17H24BrClN2/c1-12-8-14(18)16(9-15(12)19)21-11-17(20-10-13(21)2)6-4-3-5-7-17/h8-9,13,20H,3-7,10-11H2,1-2H3. The second-order valence-electron chi connectivity index (χ2n) is 6.75. The predicted octanol–water partition coefficient (Wildman–Crippen LogP) is 4.91. The SMILES string of the molecule is Cc1cc(Br)c(N2CC3(CCCCC3)NCC2C)cc1Cl. The number of halogens is 2. The molecule has 1 saturated heterocycles. The van der Waals surface area contributed by atoms with Crippen LogP contribution in [-0.2, 0) is 0 Å². The smallest absolute Gasteiger partial charge is 0.0529 e. The van der Waals surface area contributed by atoms with Gasteiger partial charge in [-0.3, -0.25) is 0 Å². The average Bonchev–Trinajstić information content (AvgIpc) is 2.47. The molecule has 1 atom stereocenters. The van der Waals surface area contributed by atoms with E-state index in [4.69, 9.17) is 11.6 Å². The largest absolute Gasteiger partial charge is 0.365 e. The number of anilines is 1. The van der Waals surface area contributed by atoms with Gasteiger partial charge in [-0.1, -0.05) is 30.9 Å². The van der Waals surface area contributed by atoms with Crippen molar-refractivity contribution in [3.05, 3.63) is 27.2 Å². The Balaban J connectivity index is 1.90. The van der Waals surface area contributed by atoms with Crippen molar-refractivity contribution in [2.75, 3.05) is 18.0 Å². The number of hydrogen-bond acceptors (Lipinski definition) is 2. The minimum atomic E-state index is 0.307. The van der Waals surface area contributed by atoms with Gasteiger partial charge in [0, 0.05) is 34.2 Å². The summed E-state index contributed by atoms with van der Waals surface area (Å²) in [5.41, 5.74) is 2.67. The molecule has 1 heterocycles. The minimum absolute atomic E-state index is 0.307. The van der Waals surface area contributed by atoms with Crippen molar-refractivity contribution < 1.29 is 0 Å². The van der Waals surface area contributed by atoms with E-state index in [1.54, 1.807) is 0 Å². The molecule has 1 aromatic rings. The first-order valence-corrected chi connectivity index (χ1v) is 9.15. The topological polar surface area (TPSA) is 15.3 Å². The third-order valence-electron chi connectivity index (χ3n) is 5.13. The summed E-state index contributed by atoms with van der Waals surface area (Å²) in [6.45, 7) is 6.49. The molecule has 4 heteroatoms. The number of nitrogens with zero attached hydrogens (tertiary/aromatic N) is 1. The van der Waals surface area contributed by atoms with Crippen molar-refractivity contribution in [2.24, 2.45) is 0 Å². The van der Waals surface area contributed by atoms with Crippen LogP contribution in [0.1, 0.15) is 44.6 Å². The van der Waals surface area contributed by atoms with Gasteiger partial charge in [0.25, 0.3) is 0 Å². The molecule has 0 amide bonds. The summed E-state index contributed by atoms with van der Waals surface area (Å²) in [5, 5.41) is 4.70. The molecule has 2 fully saturated rings. The summed E-state index contributed by atoms with van der Waals surface area (Å²) in [5.74, 6) is 0. The molecule has 116 valence electrons. The number of nitrogens with one attached hydrogen (secondary N) is 1. The van der Waals surface area contributed by atoms with E-state index in [0.29, 0.717) is 11.6 Å². The quantitative estimate of drug-likeness (QED) is 0.754. The lowest BCUT2D eigenvalue weighted by atomic mass is 9.79. The van der Waals surface area contributed by atoms with Gasteiger partial charge in [-0.2, -0.15) is 0 Å². The van der Waals surface area contributed by atoms with Gasteiger partial charge in [0.05, 0.1) is 5.69 Å². The summed E-state index contributed by atoms with van der Waals surface area (Å²) >= 11 is 10.1. The van der Waals surface area contributed by atoms with Crippen LogP contribution >= 0.6 is 27.5 Å². The zero-order valence-corrected chi connectivity index (χ0v) is 15.2. The number of piperazine rings is 1. The fraction of sp³-hybridized carbons (Fsp3) is 0.647. The second kappa shape index (κ2) is 6.10. The highest BCUT2D eigenvalue weighted by Gasteiger charge is 2.39. The highest BCUT2D eigenvalue weighted by Crippen LogP contribution is 2.38. The average molecular weight is 372 g/mol. The van der Waals surface area contributed by atoms with Crippen molar-refractivity contribution in [3.63, 3.8) is 0 Å². The molecule has 1 N–H and O–H groups in total. The fourth-order valence-corrected chi connectivity index (χ4v) is 4.60. The normalized spacial score (nSPS) is 25.3. The Morgan fingerprint density at radius 1 is 1.29 bits per heavy atom. The van der Waals surface area contributed by atoms with Crippen molar-refractivity contribution in [1.82, 2.24) is 5.32 Å². The Hall–Kier alpha value is -0.250. The maximum absolute atomic E-state index is 6.37. The van der Waals surface area contributed by atoms with E-state index in [-0.39, 0.29) is 0 Å². The molecule has 0 aromatic heterocycles. The number of benzene rings is 1. The summed E-state index contributed by atoms with van der Waals surface area (Å²) in [7, 11) is 0. The molecule has 21 heavy (non-hydrogen) atoms. The van der Waals surface area contributed by atoms with E-state index in [0.717, 1.165) is 28.1 Å². The molecular formula is C17H24BrClN2. The van der Waals surface area contributed by atoms with E-state index < -0.39 is 0 Å². The van der Waals surface area contributed by atoms with E-state index in [9.17, 15) is 0 Å². The maximum Gasteiger partial charge on any atom is 0.0529 e. The number of rotatable bonds is 1. The highest BCUT2D eigenvalue weighted by molar-refractivity contribution is 9.10. The van der Waals surface area contributed by atoms with E-state index in [1.165, 1.54) is 37.8 Å². The van der Waals surface area contributed by atoms with Gasteiger partial charge >= 0.3 is 0 Å². The van der Waals surface area contributed by atoms with Crippen LogP contribution in [0.3, 0.4) is 0 Å². The zero-order valence-electron chi connectivity index (χ0n) is 12.9. The van der Waals surface area contributed by atoms with E-state index >= 15 is 0 Å². The summed E-state index contributed by atoms with van der Waals surface area (Å²) in [4.78, 5) is 2.54. The molecule has 2 nitrogen and oxygen atoms in total. The van der Waals surface area contributed by atoms with Crippen LogP contribution in [-0.4, -0.2) is 24.7 Å². The van der Waals surface area contributed by atoms with Crippen LogP contribution in [0.25, 0.3) is 0 Å². The van der Waals surface area contributed by atoms with E-state index in [1.807, 2.05) is 0 Å². The Kier molecular flexibility index (Phi) is 4.54. The summed E-state index contributed by atoms with van der Waals surface area (Å²) in [6.07, 6.45) is 6.69. The summed E-state index contributed by atoms with van der Waals surface area (Å²) in [6, 6.07) is 4.76. The molecule has 1 saturated carbocycles. The van der Waals surface area contributed by atoms with Gasteiger partial charge in [-0.15, -0.1) is 0 Å². The van der Waals surface area contributed by atoms with Gasteiger partial charge in [0.15, 0.2) is 0 Å². The first kappa shape index (κ1) is 15.6. The van der Waals surface area contributed by atoms with Crippen LogP contribution in [0.15, 0.2) is 16.6 Å².